The van der Waals surface area contributed by atoms with Crippen LogP contribution in [0.4, 0.5) is 0 Å². The van der Waals surface area contributed by atoms with Crippen molar-refractivity contribution in [3.63, 3.8) is 0 Å². The number of aliphatic hydroxyl groups excluding tert-OH is 2. The number of aliphatic hydroxyl groups is 2. The molecule has 0 aromatic heterocycles. The Morgan fingerprint density at radius 2 is 1.82 bits per heavy atom. The summed E-state index contributed by atoms with van der Waals surface area (Å²) in [5.41, 5.74) is 1.25. The maximum Gasteiger partial charge on any atom is 0.290 e. The van der Waals surface area contributed by atoms with Crippen LogP contribution < -0.4 is 0 Å². The lowest BCUT2D eigenvalue weighted by atomic mass is 9.80. The highest BCUT2D eigenvalue weighted by Crippen LogP contribution is 2.35. The highest BCUT2D eigenvalue weighted by molar-refractivity contribution is 5.94. The highest BCUT2D eigenvalue weighted by Gasteiger charge is 2.48. The van der Waals surface area contributed by atoms with Gasteiger partial charge in [-0.1, -0.05) is 26.0 Å². The Morgan fingerprint density at radius 3 is 2.36 bits per heavy atom. The summed E-state index contributed by atoms with van der Waals surface area (Å²) in [6, 6.07) is 7.87. The van der Waals surface area contributed by atoms with Crippen molar-refractivity contribution in [3.8, 4) is 0 Å². The Balaban J connectivity index is 0.000000878. The molecule has 0 radical (unpaired) electrons. The van der Waals surface area contributed by atoms with Gasteiger partial charge in [0.15, 0.2) is 0 Å². The fourth-order valence-corrected chi connectivity index (χ4v) is 3.94. The van der Waals surface area contributed by atoms with Gasteiger partial charge in [0.05, 0.1) is 18.3 Å². The molecule has 3 N–H and O–H groups in total. The number of hydrogen-bond donors (Lipinski definition) is 3. The normalized spacial score (nSPS) is 23.8. The van der Waals surface area contributed by atoms with Gasteiger partial charge in [0.25, 0.3) is 12.4 Å². The number of carbonyl (C=O) groups is 2. The van der Waals surface area contributed by atoms with E-state index in [0.29, 0.717) is 50.4 Å². The second-order valence-corrected chi connectivity index (χ2v) is 7.91. The van der Waals surface area contributed by atoms with E-state index in [1.54, 1.807) is 0 Å². The summed E-state index contributed by atoms with van der Waals surface area (Å²) in [5, 5.41) is 27.1. The quantitative estimate of drug-likeness (QED) is 0.675. The van der Waals surface area contributed by atoms with Crippen LogP contribution in [0.25, 0.3) is 0 Å². The lowest BCUT2D eigenvalue weighted by molar-refractivity contribution is -0.212. The molecule has 7 nitrogen and oxygen atoms in total. The second kappa shape index (κ2) is 10.0. The number of carboxylic acid groups (broad SMARTS) is 1. The molecule has 1 amide bonds. The number of hydrogen-bond acceptors (Lipinski definition) is 5. The van der Waals surface area contributed by atoms with Gasteiger partial charge in [-0.05, 0) is 49.3 Å². The SMILES string of the molecule is CC(C)Cc1ccc(C(=O)N2CCC3(CC2)OCC[C@H](O)[C@@H]3O)cc1.O=CO. The van der Waals surface area contributed by atoms with Crippen LogP contribution >= 0.6 is 0 Å². The molecule has 2 aliphatic heterocycles. The van der Waals surface area contributed by atoms with Gasteiger partial charge >= 0.3 is 0 Å². The van der Waals surface area contributed by atoms with E-state index in [2.05, 4.69) is 13.8 Å². The first-order valence-electron chi connectivity index (χ1n) is 9.79. The molecular formula is C21H31NO6. The molecular weight excluding hydrogens is 362 g/mol. The summed E-state index contributed by atoms with van der Waals surface area (Å²) >= 11 is 0. The van der Waals surface area contributed by atoms with Crippen LogP contribution in [0.1, 0.15) is 49.0 Å². The largest absolute Gasteiger partial charge is 0.483 e. The van der Waals surface area contributed by atoms with Crippen molar-refractivity contribution in [2.75, 3.05) is 19.7 Å². The molecule has 156 valence electrons. The first-order valence-corrected chi connectivity index (χ1v) is 9.79. The van der Waals surface area contributed by atoms with E-state index in [1.807, 2.05) is 29.2 Å². The van der Waals surface area contributed by atoms with Gasteiger partial charge in [0.2, 0.25) is 0 Å². The van der Waals surface area contributed by atoms with Crippen molar-refractivity contribution in [3.05, 3.63) is 35.4 Å². The van der Waals surface area contributed by atoms with E-state index >= 15 is 0 Å². The zero-order chi connectivity index (χ0) is 20.7. The average Bonchev–Trinajstić information content (AvgIpc) is 2.67. The summed E-state index contributed by atoms with van der Waals surface area (Å²) < 4.78 is 5.83. The summed E-state index contributed by atoms with van der Waals surface area (Å²) in [7, 11) is 0. The minimum absolute atomic E-state index is 0.0248. The fraction of sp³-hybridized carbons (Fsp3) is 0.619. The third kappa shape index (κ3) is 5.31. The van der Waals surface area contributed by atoms with Crippen molar-refractivity contribution in [2.45, 2.75) is 57.3 Å². The number of rotatable bonds is 3. The minimum atomic E-state index is -0.867. The molecule has 2 fully saturated rings. The maximum absolute atomic E-state index is 12.7. The van der Waals surface area contributed by atoms with E-state index in [9.17, 15) is 15.0 Å². The lowest BCUT2D eigenvalue weighted by Crippen LogP contribution is -2.60. The molecule has 3 rings (SSSR count). The molecule has 1 aromatic carbocycles. The number of amides is 1. The molecule has 7 heteroatoms. The first kappa shape index (κ1) is 22.3. The predicted octanol–water partition coefficient (Wildman–Crippen LogP) is 1.70. The maximum atomic E-state index is 12.7. The van der Waals surface area contributed by atoms with Crippen LogP contribution in [0, 0.1) is 5.92 Å². The number of carbonyl (C=O) groups excluding carboxylic acids is 1. The molecule has 1 aromatic rings. The van der Waals surface area contributed by atoms with E-state index in [4.69, 9.17) is 14.6 Å². The van der Waals surface area contributed by atoms with Crippen molar-refractivity contribution >= 4 is 12.4 Å². The van der Waals surface area contributed by atoms with Crippen LogP contribution in [0.15, 0.2) is 24.3 Å². The summed E-state index contributed by atoms with van der Waals surface area (Å²) in [6.45, 7) is 5.65. The van der Waals surface area contributed by atoms with Crippen molar-refractivity contribution in [1.29, 1.82) is 0 Å². The monoisotopic (exact) mass is 393 g/mol. The summed E-state index contributed by atoms with van der Waals surface area (Å²) in [6.07, 6.45) is 0.996. The zero-order valence-corrected chi connectivity index (χ0v) is 16.6. The summed E-state index contributed by atoms with van der Waals surface area (Å²) in [4.78, 5) is 22.9. The van der Waals surface area contributed by atoms with E-state index in [1.165, 1.54) is 5.56 Å². The Morgan fingerprint density at radius 1 is 1.25 bits per heavy atom. The van der Waals surface area contributed by atoms with Gasteiger partial charge in [-0.25, -0.2) is 0 Å². The molecule has 2 atom stereocenters. The van der Waals surface area contributed by atoms with Crippen LogP contribution in [0.2, 0.25) is 0 Å². The van der Waals surface area contributed by atoms with Crippen LogP contribution in [0.3, 0.4) is 0 Å². The van der Waals surface area contributed by atoms with Gasteiger partial charge in [0, 0.05) is 18.7 Å². The van der Waals surface area contributed by atoms with E-state index in [0.717, 1.165) is 6.42 Å². The molecule has 2 aliphatic rings. The molecule has 2 heterocycles. The molecule has 0 bridgehead atoms. The Labute approximate surface area is 165 Å². The topological polar surface area (TPSA) is 107 Å². The first-order chi connectivity index (χ1) is 13.3. The van der Waals surface area contributed by atoms with Gasteiger partial charge in [-0.15, -0.1) is 0 Å². The summed E-state index contributed by atoms with van der Waals surface area (Å²) in [5.74, 6) is 0.619. The van der Waals surface area contributed by atoms with Gasteiger partial charge in [0.1, 0.15) is 6.10 Å². The van der Waals surface area contributed by atoms with E-state index < -0.39 is 17.8 Å². The standard InChI is InChI=1S/C20H29NO4.CH2O2/c1-14(2)13-15-3-5-16(6-4-15)19(24)21-10-8-20(9-11-21)18(23)17(22)7-12-25-20;2-1-3/h3-6,14,17-18,22-23H,7-13H2,1-2H3;1H,(H,2,3)/t17-,18-;/m0./s1. The Bertz CT molecular complexity index is 637. The number of piperidine rings is 1. The number of ether oxygens (including phenoxy) is 1. The lowest BCUT2D eigenvalue weighted by Gasteiger charge is -2.48. The average molecular weight is 393 g/mol. The van der Waals surface area contributed by atoms with Crippen molar-refractivity contribution in [1.82, 2.24) is 4.90 Å². The van der Waals surface area contributed by atoms with E-state index in [-0.39, 0.29) is 12.4 Å². The third-order valence-corrected chi connectivity index (χ3v) is 5.45. The molecule has 0 unspecified atom stereocenters. The second-order valence-electron chi connectivity index (χ2n) is 7.91. The minimum Gasteiger partial charge on any atom is -0.483 e. The van der Waals surface area contributed by atoms with Gasteiger partial charge in [-0.2, -0.15) is 0 Å². The Kier molecular flexibility index (Phi) is 7.98. The third-order valence-electron chi connectivity index (χ3n) is 5.45. The van der Waals surface area contributed by atoms with Gasteiger partial charge in [-0.3, -0.25) is 9.59 Å². The zero-order valence-electron chi connectivity index (χ0n) is 16.6. The van der Waals surface area contributed by atoms with Crippen molar-refractivity contribution in [2.24, 2.45) is 5.92 Å². The van der Waals surface area contributed by atoms with Crippen molar-refractivity contribution < 1.29 is 29.6 Å². The number of benzene rings is 1. The molecule has 0 aliphatic carbocycles. The molecule has 1 spiro atoms. The number of likely N-dealkylation sites (tertiary alicyclic amines) is 1. The van der Waals surface area contributed by atoms with Crippen LogP contribution in [-0.2, 0) is 16.0 Å². The van der Waals surface area contributed by atoms with Gasteiger partial charge < -0.3 is 25.0 Å². The molecule has 28 heavy (non-hydrogen) atoms. The highest BCUT2D eigenvalue weighted by atomic mass is 16.5. The number of nitrogens with zero attached hydrogens (tertiary/aromatic N) is 1. The Hall–Kier alpha value is -1.96. The molecule has 2 saturated heterocycles. The predicted molar refractivity (Wildman–Crippen MR) is 104 cm³/mol. The molecule has 0 saturated carbocycles. The van der Waals surface area contributed by atoms with Crippen LogP contribution in [-0.4, -0.2) is 70.1 Å². The fourth-order valence-electron chi connectivity index (χ4n) is 3.94. The van der Waals surface area contributed by atoms with Crippen LogP contribution in [0.5, 0.6) is 0 Å². The smallest absolute Gasteiger partial charge is 0.290 e.